The summed E-state index contributed by atoms with van der Waals surface area (Å²) in [4.78, 5) is 1.95. The summed E-state index contributed by atoms with van der Waals surface area (Å²) in [5.41, 5.74) is 0.0504. The molecule has 0 spiro atoms. The number of nitrogens with zero attached hydrogens (tertiary/aromatic N) is 2. The molecule has 1 heterocycles. The van der Waals surface area contributed by atoms with Crippen molar-refractivity contribution in [3.8, 4) is 11.5 Å². The lowest BCUT2D eigenvalue weighted by molar-refractivity contribution is -0.137. The second-order valence-electron chi connectivity index (χ2n) is 6.88. The van der Waals surface area contributed by atoms with Gasteiger partial charge in [0, 0.05) is 38.3 Å². The van der Waals surface area contributed by atoms with Crippen molar-refractivity contribution in [1.29, 1.82) is 0 Å². The average Bonchev–Trinajstić information content (AvgIpc) is 2.73. The zero-order chi connectivity index (χ0) is 21.9. The molecular formula is C20H23F3N2O4S. The molecule has 3 rings (SSSR count). The fourth-order valence-electron chi connectivity index (χ4n) is 3.34. The van der Waals surface area contributed by atoms with Gasteiger partial charge in [-0.05, 0) is 42.5 Å². The lowest BCUT2D eigenvalue weighted by Gasteiger charge is -2.34. The summed E-state index contributed by atoms with van der Waals surface area (Å²) in [7, 11) is -0.686. The highest BCUT2D eigenvalue weighted by molar-refractivity contribution is 7.89. The minimum Gasteiger partial charge on any atom is -0.497 e. The standard InChI is InChI=1S/C20H23F3N2O4S/c1-28-17-5-8-19(29-2)15(13-17)14-24-9-11-25(12-10-24)30(26,27)18-6-3-16(4-7-18)20(21,22)23/h3-8,13H,9-12,14H2,1-2H3. The summed E-state index contributed by atoms with van der Waals surface area (Å²) in [5, 5.41) is 0. The Labute approximate surface area is 173 Å². The van der Waals surface area contributed by atoms with Crippen LogP contribution in [-0.4, -0.2) is 58.0 Å². The van der Waals surface area contributed by atoms with E-state index in [4.69, 9.17) is 9.47 Å². The van der Waals surface area contributed by atoms with Gasteiger partial charge < -0.3 is 9.47 Å². The third-order valence-electron chi connectivity index (χ3n) is 5.03. The van der Waals surface area contributed by atoms with E-state index in [-0.39, 0.29) is 18.0 Å². The van der Waals surface area contributed by atoms with E-state index in [2.05, 4.69) is 4.90 Å². The SMILES string of the molecule is COc1ccc(OC)c(CN2CCN(S(=O)(=O)c3ccc(C(F)(F)F)cc3)CC2)c1. The van der Waals surface area contributed by atoms with E-state index in [0.717, 1.165) is 35.6 Å². The number of alkyl halides is 3. The van der Waals surface area contributed by atoms with Gasteiger partial charge in [0.1, 0.15) is 11.5 Å². The predicted molar refractivity (Wildman–Crippen MR) is 105 cm³/mol. The van der Waals surface area contributed by atoms with Gasteiger partial charge in [-0.2, -0.15) is 17.5 Å². The normalized spacial score (nSPS) is 16.4. The topological polar surface area (TPSA) is 59.1 Å². The molecule has 30 heavy (non-hydrogen) atoms. The van der Waals surface area contributed by atoms with Crippen molar-refractivity contribution >= 4 is 10.0 Å². The Hall–Kier alpha value is -2.30. The third-order valence-corrected chi connectivity index (χ3v) is 6.95. The first kappa shape index (κ1) is 22.4. The van der Waals surface area contributed by atoms with Gasteiger partial charge in [-0.3, -0.25) is 4.90 Å². The molecule has 0 bridgehead atoms. The second kappa shape index (κ2) is 8.83. The van der Waals surface area contributed by atoms with Crippen LogP contribution in [0, 0.1) is 0 Å². The Bertz CT molecular complexity index is 971. The Morgan fingerprint density at radius 3 is 2.10 bits per heavy atom. The Kier molecular flexibility index (Phi) is 6.59. The van der Waals surface area contributed by atoms with Gasteiger partial charge in [0.15, 0.2) is 0 Å². The number of halogens is 3. The molecule has 2 aromatic carbocycles. The van der Waals surface area contributed by atoms with E-state index in [1.54, 1.807) is 20.3 Å². The molecule has 2 aromatic rings. The van der Waals surface area contributed by atoms with Crippen LogP contribution in [0.4, 0.5) is 13.2 Å². The van der Waals surface area contributed by atoms with E-state index in [0.29, 0.717) is 25.4 Å². The number of benzene rings is 2. The minimum absolute atomic E-state index is 0.140. The fourth-order valence-corrected chi connectivity index (χ4v) is 4.76. The first-order valence-electron chi connectivity index (χ1n) is 9.26. The molecule has 0 aromatic heterocycles. The molecule has 0 N–H and O–H groups in total. The van der Waals surface area contributed by atoms with Gasteiger partial charge in [-0.25, -0.2) is 8.42 Å². The number of methoxy groups -OCH3 is 2. The van der Waals surface area contributed by atoms with E-state index in [1.807, 2.05) is 12.1 Å². The molecule has 0 unspecified atom stereocenters. The van der Waals surface area contributed by atoms with Crippen LogP contribution < -0.4 is 9.47 Å². The zero-order valence-corrected chi connectivity index (χ0v) is 17.5. The highest BCUT2D eigenvalue weighted by atomic mass is 32.2. The van der Waals surface area contributed by atoms with Gasteiger partial charge in [-0.1, -0.05) is 0 Å². The van der Waals surface area contributed by atoms with E-state index < -0.39 is 21.8 Å². The molecule has 0 atom stereocenters. The van der Waals surface area contributed by atoms with E-state index in [9.17, 15) is 21.6 Å². The highest BCUT2D eigenvalue weighted by Crippen LogP contribution is 2.30. The Balaban J connectivity index is 1.66. The summed E-state index contributed by atoms with van der Waals surface area (Å²) < 4.78 is 75.6. The maximum absolute atomic E-state index is 12.8. The van der Waals surface area contributed by atoms with Crippen LogP contribution >= 0.6 is 0 Å². The van der Waals surface area contributed by atoms with Crippen LogP contribution in [-0.2, 0) is 22.7 Å². The van der Waals surface area contributed by atoms with Crippen LogP contribution in [0.3, 0.4) is 0 Å². The molecule has 0 aliphatic carbocycles. The van der Waals surface area contributed by atoms with Crippen LogP contribution in [0.2, 0.25) is 0 Å². The molecule has 0 saturated carbocycles. The molecule has 10 heteroatoms. The van der Waals surface area contributed by atoms with Crippen molar-refractivity contribution in [1.82, 2.24) is 9.21 Å². The first-order chi connectivity index (χ1) is 14.1. The van der Waals surface area contributed by atoms with Gasteiger partial charge >= 0.3 is 6.18 Å². The van der Waals surface area contributed by atoms with Crippen molar-refractivity contribution in [3.63, 3.8) is 0 Å². The highest BCUT2D eigenvalue weighted by Gasteiger charge is 2.32. The summed E-state index contributed by atoms with van der Waals surface area (Å²) >= 11 is 0. The van der Waals surface area contributed by atoms with E-state index in [1.165, 1.54) is 4.31 Å². The second-order valence-corrected chi connectivity index (χ2v) is 8.82. The van der Waals surface area contributed by atoms with Gasteiger partial charge in [0.05, 0.1) is 24.7 Å². The van der Waals surface area contributed by atoms with Crippen LogP contribution in [0.5, 0.6) is 11.5 Å². The molecule has 1 fully saturated rings. The number of hydrogen-bond acceptors (Lipinski definition) is 5. The maximum Gasteiger partial charge on any atom is 0.416 e. The van der Waals surface area contributed by atoms with Gasteiger partial charge in [0.25, 0.3) is 0 Å². The largest absolute Gasteiger partial charge is 0.497 e. The molecule has 6 nitrogen and oxygen atoms in total. The number of piperazine rings is 1. The fraction of sp³-hybridized carbons (Fsp3) is 0.400. The molecule has 1 aliphatic rings. The lowest BCUT2D eigenvalue weighted by Crippen LogP contribution is -2.48. The molecular weight excluding hydrogens is 421 g/mol. The van der Waals surface area contributed by atoms with Crippen molar-refractivity contribution < 1.29 is 31.1 Å². The van der Waals surface area contributed by atoms with Crippen molar-refractivity contribution in [2.75, 3.05) is 40.4 Å². The summed E-state index contributed by atoms with van der Waals surface area (Å²) in [6.07, 6.45) is -4.50. The van der Waals surface area contributed by atoms with Crippen LogP contribution in [0.1, 0.15) is 11.1 Å². The smallest absolute Gasteiger partial charge is 0.416 e. The number of sulfonamides is 1. The van der Waals surface area contributed by atoms with Crippen LogP contribution in [0.15, 0.2) is 47.4 Å². The molecule has 1 aliphatic heterocycles. The number of hydrogen-bond donors (Lipinski definition) is 0. The van der Waals surface area contributed by atoms with Gasteiger partial charge in [0.2, 0.25) is 10.0 Å². The molecule has 1 saturated heterocycles. The average molecular weight is 444 g/mol. The van der Waals surface area contributed by atoms with Crippen LogP contribution in [0.25, 0.3) is 0 Å². The quantitative estimate of drug-likeness (QED) is 0.685. The first-order valence-corrected chi connectivity index (χ1v) is 10.7. The number of ether oxygens (including phenoxy) is 2. The Morgan fingerprint density at radius 2 is 1.57 bits per heavy atom. The maximum atomic E-state index is 12.8. The Morgan fingerprint density at radius 1 is 0.933 bits per heavy atom. The molecule has 164 valence electrons. The van der Waals surface area contributed by atoms with Crippen molar-refractivity contribution in [3.05, 3.63) is 53.6 Å². The minimum atomic E-state index is -4.50. The molecule has 0 amide bonds. The lowest BCUT2D eigenvalue weighted by atomic mass is 10.1. The van der Waals surface area contributed by atoms with Crippen molar-refractivity contribution in [2.24, 2.45) is 0 Å². The number of rotatable bonds is 6. The van der Waals surface area contributed by atoms with Gasteiger partial charge in [-0.15, -0.1) is 0 Å². The van der Waals surface area contributed by atoms with Crippen molar-refractivity contribution in [2.45, 2.75) is 17.6 Å². The third kappa shape index (κ3) is 4.88. The summed E-state index contributed by atoms with van der Waals surface area (Å²) in [6.45, 7) is 2.03. The zero-order valence-electron chi connectivity index (χ0n) is 16.6. The monoisotopic (exact) mass is 444 g/mol. The predicted octanol–water partition coefficient (Wildman–Crippen LogP) is 3.23. The van der Waals surface area contributed by atoms with E-state index >= 15 is 0 Å². The summed E-state index contributed by atoms with van der Waals surface area (Å²) in [5.74, 6) is 1.42. The molecule has 0 radical (unpaired) electrons. The summed E-state index contributed by atoms with van der Waals surface area (Å²) in [6, 6.07) is 9.09.